The predicted octanol–water partition coefficient (Wildman–Crippen LogP) is 3.23. The molecule has 2 unspecified atom stereocenters. The van der Waals surface area contributed by atoms with Gasteiger partial charge in [-0.25, -0.2) is 4.79 Å². The van der Waals surface area contributed by atoms with Gasteiger partial charge in [0, 0.05) is 24.6 Å². The quantitative estimate of drug-likeness (QED) is 0.787. The van der Waals surface area contributed by atoms with Crippen LogP contribution in [0, 0.1) is 5.41 Å². The number of amides is 1. The lowest BCUT2D eigenvalue weighted by molar-refractivity contribution is -0.173. The van der Waals surface area contributed by atoms with E-state index in [1.807, 2.05) is 34.6 Å². The summed E-state index contributed by atoms with van der Waals surface area (Å²) in [6, 6.07) is 0.507. The summed E-state index contributed by atoms with van der Waals surface area (Å²) in [5.74, 6) is 0. The van der Waals surface area contributed by atoms with Gasteiger partial charge in [-0.15, -0.1) is 0 Å². The second-order valence-electron chi connectivity index (χ2n) is 8.71. The van der Waals surface area contributed by atoms with Crippen molar-refractivity contribution in [3.8, 4) is 0 Å². The lowest BCUT2D eigenvalue weighted by Gasteiger charge is -2.61. The molecule has 0 aromatic rings. The molecule has 0 heterocycles. The molecule has 0 aromatic carbocycles. The Kier molecular flexibility index (Phi) is 5.31. The highest BCUT2D eigenvalue weighted by Crippen LogP contribution is 2.57. The number of nitrogens with one attached hydrogen (secondary N) is 2. The molecule has 2 fully saturated rings. The minimum Gasteiger partial charge on any atom is -0.444 e. The molecule has 5 heteroatoms. The van der Waals surface area contributed by atoms with Crippen LogP contribution in [0.15, 0.2) is 0 Å². The molecule has 2 aliphatic carbocycles. The highest BCUT2D eigenvalue weighted by molar-refractivity contribution is 5.68. The Bertz CT molecular complexity index is 424. The molecule has 2 atom stereocenters. The topological polar surface area (TPSA) is 59.6 Å². The van der Waals surface area contributed by atoms with Crippen molar-refractivity contribution in [2.75, 3.05) is 13.2 Å². The van der Waals surface area contributed by atoms with Crippen LogP contribution in [-0.4, -0.2) is 42.5 Å². The zero-order valence-electron chi connectivity index (χ0n) is 15.6. The van der Waals surface area contributed by atoms with Gasteiger partial charge in [-0.1, -0.05) is 6.42 Å². The first-order valence-electron chi connectivity index (χ1n) is 8.94. The Balaban J connectivity index is 1.80. The molecule has 0 saturated heterocycles. The minimum atomic E-state index is -0.470. The van der Waals surface area contributed by atoms with Gasteiger partial charge in [-0.2, -0.15) is 0 Å². The summed E-state index contributed by atoms with van der Waals surface area (Å²) in [6.07, 6.45) is 4.96. The minimum absolute atomic E-state index is 0.343. The molecule has 2 N–H and O–H groups in total. The Labute approximate surface area is 140 Å². The van der Waals surface area contributed by atoms with E-state index in [1.165, 1.54) is 19.3 Å². The lowest BCUT2D eigenvalue weighted by Crippen LogP contribution is -2.68. The third-order valence-corrected chi connectivity index (χ3v) is 5.07. The summed E-state index contributed by atoms with van der Waals surface area (Å²) in [5.41, 5.74) is -0.468. The Morgan fingerprint density at radius 1 is 1.22 bits per heavy atom. The summed E-state index contributed by atoms with van der Waals surface area (Å²) in [4.78, 5) is 12.0. The maximum Gasteiger partial charge on any atom is 0.408 e. The van der Waals surface area contributed by atoms with Crippen molar-refractivity contribution in [2.24, 2.45) is 5.41 Å². The Hall–Kier alpha value is -0.810. The zero-order valence-corrected chi connectivity index (χ0v) is 15.6. The molecule has 134 valence electrons. The van der Waals surface area contributed by atoms with Crippen LogP contribution in [0.4, 0.5) is 4.79 Å². The molecule has 2 rings (SSSR count). The van der Waals surface area contributed by atoms with Gasteiger partial charge < -0.3 is 20.1 Å². The monoisotopic (exact) mass is 326 g/mol. The molecule has 23 heavy (non-hydrogen) atoms. The molecular formula is C18H34N2O3. The molecular weight excluding hydrogens is 292 g/mol. The van der Waals surface area contributed by atoms with Crippen LogP contribution in [-0.2, 0) is 9.47 Å². The Morgan fingerprint density at radius 3 is 2.35 bits per heavy atom. The third kappa shape index (κ3) is 4.38. The van der Waals surface area contributed by atoms with E-state index in [1.54, 1.807) is 0 Å². The van der Waals surface area contributed by atoms with Gasteiger partial charge in [0.1, 0.15) is 5.60 Å². The van der Waals surface area contributed by atoms with E-state index in [0.29, 0.717) is 17.6 Å². The summed E-state index contributed by atoms with van der Waals surface area (Å²) in [5, 5.41) is 6.62. The molecule has 0 aliphatic heterocycles. The van der Waals surface area contributed by atoms with Crippen molar-refractivity contribution in [3.05, 3.63) is 0 Å². The fraction of sp³-hybridized carbons (Fsp3) is 0.944. The van der Waals surface area contributed by atoms with Crippen molar-refractivity contribution in [3.63, 3.8) is 0 Å². The third-order valence-electron chi connectivity index (χ3n) is 5.07. The number of rotatable bonds is 6. The van der Waals surface area contributed by atoms with E-state index >= 15 is 0 Å². The van der Waals surface area contributed by atoms with Crippen molar-refractivity contribution >= 4 is 6.09 Å². The fourth-order valence-corrected chi connectivity index (χ4v) is 3.73. The smallest absolute Gasteiger partial charge is 0.408 e. The fourth-order valence-electron chi connectivity index (χ4n) is 3.73. The van der Waals surface area contributed by atoms with Gasteiger partial charge in [0.25, 0.3) is 0 Å². The van der Waals surface area contributed by atoms with Crippen LogP contribution in [0.1, 0.15) is 67.2 Å². The van der Waals surface area contributed by atoms with Crippen LogP contribution in [0.5, 0.6) is 0 Å². The average molecular weight is 326 g/mol. The maximum atomic E-state index is 12.0. The maximum absolute atomic E-state index is 12.0. The first-order chi connectivity index (χ1) is 10.6. The predicted molar refractivity (Wildman–Crippen MR) is 91.6 cm³/mol. The largest absolute Gasteiger partial charge is 0.444 e. The Morgan fingerprint density at radius 2 is 1.87 bits per heavy atom. The van der Waals surface area contributed by atoms with E-state index in [4.69, 9.17) is 9.47 Å². The number of carbonyl (C=O) groups is 1. The normalized spacial score (nSPS) is 26.3. The second-order valence-corrected chi connectivity index (χ2v) is 8.71. The van der Waals surface area contributed by atoms with Crippen molar-refractivity contribution in [2.45, 2.75) is 90.5 Å². The van der Waals surface area contributed by atoms with Crippen molar-refractivity contribution < 1.29 is 14.3 Å². The molecule has 1 amide bonds. The zero-order chi connectivity index (χ0) is 17.3. The number of ether oxygens (including phenoxy) is 2. The van der Waals surface area contributed by atoms with Crippen LogP contribution >= 0.6 is 0 Å². The van der Waals surface area contributed by atoms with E-state index in [-0.39, 0.29) is 11.6 Å². The van der Waals surface area contributed by atoms with E-state index < -0.39 is 5.60 Å². The molecule has 2 saturated carbocycles. The van der Waals surface area contributed by atoms with Gasteiger partial charge in [0.05, 0.1) is 11.6 Å². The summed E-state index contributed by atoms with van der Waals surface area (Å²) >= 11 is 0. The molecule has 0 bridgehead atoms. The molecule has 0 aromatic heterocycles. The molecule has 0 radical (unpaired) electrons. The highest BCUT2D eigenvalue weighted by Gasteiger charge is 2.58. The number of hydrogen-bond acceptors (Lipinski definition) is 4. The first kappa shape index (κ1) is 18.5. The van der Waals surface area contributed by atoms with E-state index in [9.17, 15) is 4.79 Å². The van der Waals surface area contributed by atoms with Crippen LogP contribution < -0.4 is 10.6 Å². The second kappa shape index (κ2) is 6.60. The van der Waals surface area contributed by atoms with E-state index in [0.717, 1.165) is 19.6 Å². The van der Waals surface area contributed by atoms with Crippen LogP contribution in [0.2, 0.25) is 0 Å². The van der Waals surface area contributed by atoms with Gasteiger partial charge in [-0.3, -0.25) is 0 Å². The summed E-state index contributed by atoms with van der Waals surface area (Å²) < 4.78 is 11.2. The molecule has 5 nitrogen and oxygen atoms in total. The number of carbonyl (C=O) groups excluding carboxylic acids is 1. The highest BCUT2D eigenvalue weighted by atomic mass is 16.6. The van der Waals surface area contributed by atoms with Crippen LogP contribution in [0.3, 0.4) is 0 Å². The molecule has 1 spiro atoms. The number of hydrogen-bond donors (Lipinski definition) is 2. The van der Waals surface area contributed by atoms with Gasteiger partial charge in [-0.05, 0) is 60.8 Å². The van der Waals surface area contributed by atoms with Gasteiger partial charge in [0.2, 0.25) is 0 Å². The summed E-state index contributed by atoms with van der Waals surface area (Å²) in [6.45, 7) is 13.3. The van der Waals surface area contributed by atoms with Crippen LogP contribution in [0.25, 0.3) is 0 Å². The average Bonchev–Trinajstić information content (AvgIpc) is 2.27. The van der Waals surface area contributed by atoms with Crippen molar-refractivity contribution in [1.82, 2.24) is 10.6 Å². The van der Waals surface area contributed by atoms with Gasteiger partial charge in [0.15, 0.2) is 0 Å². The summed E-state index contributed by atoms with van der Waals surface area (Å²) in [7, 11) is 0. The van der Waals surface area contributed by atoms with Gasteiger partial charge >= 0.3 is 6.09 Å². The number of alkyl carbamates (subject to hydrolysis) is 1. The van der Waals surface area contributed by atoms with Crippen molar-refractivity contribution in [1.29, 1.82) is 0 Å². The standard InChI is InChI=1S/C18H34N2O3/c1-7-22-14-11-13(18(14)9-8-10-18)19-12-17(5,6)20-15(21)23-16(2,3)4/h13-14,19H,7-12H2,1-6H3,(H,20,21). The molecule has 2 aliphatic rings. The lowest BCUT2D eigenvalue weighted by atomic mass is 9.51. The van der Waals surface area contributed by atoms with E-state index in [2.05, 4.69) is 17.6 Å². The SMILES string of the molecule is CCOC1CC(NCC(C)(C)NC(=O)OC(C)(C)C)C12CCC2. The first-order valence-corrected chi connectivity index (χ1v) is 8.94.